The molecule has 2 aromatic rings. The zero-order valence-electron chi connectivity index (χ0n) is 13.8. The lowest BCUT2D eigenvalue weighted by Gasteiger charge is -2.37. The zero-order valence-corrected chi connectivity index (χ0v) is 13.8. The molecule has 2 aromatic heterocycles. The van der Waals surface area contributed by atoms with Gasteiger partial charge in [0, 0.05) is 19.1 Å². The number of hydrogen-bond donors (Lipinski definition) is 2. The number of aromatic nitrogens is 4. The highest BCUT2D eigenvalue weighted by Crippen LogP contribution is 2.24. The average molecular weight is 328 g/mol. The number of rotatable bonds is 3. The summed E-state index contributed by atoms with van der Waals surface area (Å²) in [5.74, 6) is 1.44. The Morgan fingerprint density at radius 1 is 1.00 bits per heavy atom. The van der Waals surface area contributed by atoms with E-state index in [-0.39, 0.29) is 11.9 Å². The Morgan fingerprint density at radius 2 is 1.75 bits per heavy atom. The summed E-state index contributed by atoms with van der Waals surface area (Å²) < 4.78 is 1.51. The summed E-state index contributed by atoms with van der Waals surface area (Å²) in [6.07, 6.45) is 6.93. The van der Waals surface area contributed by atoms with Crippen molar-refractivity contribution in [3.05, 3.63) is 18.3 Å². The maximum absolute atomic E-state index is 5.80. The molecule has 8 nitrogen and oxygen atoms in total. The lowest BCUT2D eigenvalue weighted by molar-refractivity contribution is 0.207. The van der Waals surface area contributed by atoms with Gasteiger partial charge >= 0.3 is 0 Å². The van der Waals surface area contributed by atoms with Gasteiger partial charge in [-0.25, -0.2) is 4.98 Å². The van der Waals surface area contributed by atoms with Crippen molar-refractivity contribution in [3.63, 3.8) is 0 Å². The van der Waals surface area contributed by atoms with Gasteiger partial charge in [-0.15, -0.1) is 5.10 Å². The lowest BCUT2D eigenvalue weighted by Crippen LogP contribution is -2.44. The van der Waals surface area contributed by atoms with Crippen LogP contribution >= 0.6 is 0 Å². The number of nitrogen functional groups attached to an aromatic ring is 2. The summed E-state index contributed by atoms with van der Waals surface area (Å²) in [6, 6.07) is 4.73. The first-order chi connectivity index (χ1) is 11.7. The maximum Gasteiger partial charge on any atom is 0.241 e. The van der Waals surface area contributed by atoms with Gasteiger partial charge < -0.3 is 21.3 Å². The lowest BCUT2D eigenvalue weighted by atomic mass is 10.0. The van der Waals surface area contributed by atoms with Crippen molar-refractivity contribution in [1.82, 2.24) is 24.6 Å². The second-order valence-electron chi connectivity index (χ2n) is 6.58. The number of likely N-dealkylation sites (tertiary alicyclic amines) is 1. The molecule has 2 aliphatic heterocycles. The fourth-order valence-electron chi connectivity index (χ4n) is 3.79. The van der Waals surface area contributed by atoms with Crippen LogP contribution in [0.2, 0.25) is 0 Å². The molecule has 0 saturated carbocycles. The number of pyridine rings is 1. The predicted octanol–water partition coefficient (Wildman–Crippen LogP) is 0.891. The van der Waals surface area contributed by atoms with E-state index in [1.165, 1.54) is 43.5 Å². The van der Waals surface area contributed by atoms with Gasteiger partial charge in [-0.2, -0.15) is 9.67 Å². The maximum atomic E-state index is 5.80. The number of hydrogen-bond acceptors (Lipinski definition) is 7. The topological polar surface area (TPSA) is 102 Å². The molecule has 2 aliphatic rings. The molecule has 4 rings (SSSR count). The molecule has 0 radical (unpaired) electrons. The quantitative estimate of drug-likeness (QED) is 0.862. The Balaban J connectivity index is 1.41. The summed E-state index contributed by atoms with van der Waals surface area (Å²) in [6.45, 7) is 4.68. The standard InChI is InChI=1S/C16H24N8/c17-15-20-16(18)24(21-15)13-3-4-14(19-11-13)23-9-5-12(6-10-23)22-7-1-2-8-22/h3-4,11-12H,1-2,5-10H2,(H4,17,18,20,21). The highest BCUT2D eigenvalue weighted by atomic mass is 15.4. The van der Waals surface area contributed by atoms with Crippen LogP contribution in [0.4, 0.5) is 17.7 Å². The van der Waals surface area contributed by atoms with Crippen molar-refractivity contribution in [2.24, 2.45) is 0 Å². The molecule has 2 saturated heterocycles. The van der Waals surface area contributed by atoms with E-state index < -0.39 is 0 Å². The summed E-state index contributed by atoms with van der Waals surface area (Å²) in [5, 5.41) is 4.08. The summed E-state index contributed by atoms with van der Waals surface area (Å²) >= 11 is 0. The van der Waals surface area contributed by atoms with Gasteiger partial charge in [0.15, 0.2) is 0 Å². The third kappa shape index (κ3) is 2.89. The normalized spacial score (nSPS) is 19.9. The molecule has 0 aromatic carbocycles. The van der Waals surface area contributed by atoms with Crippen molar-refractivity contribution in [2.45, 2.75) is 31.7 Å². The molecule has 0 atom stereocenters. The van der Waals surface area contributed by atoms with Crippen LogP contribution in [0.25, 0.3) is 5.69 Å². The highest BCUT2D eigenvalue weighted by molar-refractivity contribution is 5.46. The Labute approximate surface area is 141 Å². The largest absolute Gasteiger partial charge is 0.368 e. The third-order valence-corrected chi connectivity index (χ3v) is 5.07. The van der Waals surface area contributed by atoms with E-state index in [9.17, 15) is 0 Å². The predicted molar refractivity (Wildman–Crippen MR) is 94.0 cm³/mol. The highest BCUT2D eigenvalue weighted by Gasteiger charge is 2.26. The van der Waals surface area contributed by atoms with Crippen molar-refractivity contribution < 1.29 is 0 Å². The molecule has 2 fully saturated rings. The van der Waals surface area contributed by atoms with Crippen LogP contribution in [-0.2, 0) is 0 Å². The monoisotopic (exact) mass is 328 g/mol. The van der Waals surface area contributed by atoms with Gasteiger partial charge in [0.1, 0.15) is 5.82 Å². The molecule has 128 valence electrons. The minimum atomic E-state index is 0.167. The van der Waals surface area contributed by atoms with Crippen molar-refractivity contribution in [3.8, 4) is 5.69 Å². The molecule has 4 N–H and O–H groups in total. The molecule has 0 unspecified atom stereocenters. The summed E-state index contributed by atoms with van der Waals surface area (Å²) in [5.41, 5.74) is 12.1. The smallest absolute Gasteiger partial charge is 0.241 e. The van der Waals surface area contributed by atoms with Crippen LogP contribution < -0.4 is 16.4 Å². The molecule has 0 bridgehead atoms. The first kappa shape index (κ1) is 15.2. The Hall–Kier alpha value is -2.35. The van der Waals surface area contributed by atoms with Crippen molar-refractivity contribution >= 4 is 17.7 Å². The number of piperidine rings is 1. The number of nitrogens with zero attached hydrogens (tertiary/aromatic N) is 6. The minimum absolute atomic E-state index is 0.167. The SMILES string of the molecule is Nc1nc(N)n(-c2ccc(N3CCC(N4CCCC4)CC3)nc2)n1. The first-order valence-electron chi connectivity index (χ1n) is 8.64. The van der Waals surface area contributed by atoms with E-state index in [4.69, 9.17) is 11.5 Å². The van der Waals surface area contributed by atoms with Crippen LogP contribution in [0.5, 0.6) is 0 Å². The molecular weight excluding hydrogens is 304 g/mol. The van der Waals surface area contributed by atoms with Crippen LogP contribution in [0.3, 0.4) is 0 Å². The van der Waals surface area contributed by atoms with Crippen molar-refractivity contribution in [1.29, 1.82) is 0 Å². The van der Waals surface area contributed by atoms with Gasteiger partial charge in [0.2, 0.25) is 11.9 Å². The zero-order chi connectivity index (χ0) is 16.5. The fourth-order valence-corrected chi connectivity index (χ4v) is 3.79. The van der Waals surface area contributed by atoms with E-state index in [2.05, 4.69) is 24.9 Å². The Morgan fingerprint density at radius 3 is 2.33 bits per heavy atom. The molecule has 0 aliphatic carbocycles. The third-order valence-electron chi connectivity index (χ3n) is 5.07. The first-order valence-corrected chi connectivity index (χ1v) is 8.64. The van der Waals surface area contributed by atoms with Gasteiger partial charge in [0.25, 0.3) is 0 Å². The van der Waals surface area contributed by atoms with E-state index >= 15 is 0 Å². The molecule has 0 spiro atoms. The van der Waals surface area contributed by atoms with Crippen LogP contribution in [0.1, 0.15) is 25.7 Å². The average Bonchev–Trinajstić information content (AvgIpc) is 3.25. The van der Waals surface area contributed by atoms with Crippen LogP contribution in [-0.4, -0.2) is 56.9 Å². The second-order valence-corrected chi connectivity index (χ2v) is 6.58. The molecule has 24 heavy (non-hydrogen) atoms. The van der Waals surface area contributed by atoms with Gasteiger partial charge in [-0.3, -0.25) is 0 Å². The second kappa shape index (κ2) is 6.27. The molecule has 0 amide bonds. The number of anilines is 3. The molecular formula is C16H24N8. The molecule has 8 heteroatoms. The van der Waals surface area contributed by atoms with E-state index in [0.29, 0.717) is 0 Å². The van der Waals surface area contributed by atoms with Crippen molar-refractivity contribution in [2.75, 3.05) is 42.5 Å². The van der Waals surface area contributed by atoms with Gasteiger partial charge in [-0.05, 0) is 50.9 Å². The van der Waals surface area contributed by atoms with E-state index in [1.807, 2.05) is 12.1 Å². The summed E-state index contributed by atoms with van der Waals surface area (Å²) in [4.78, 5) is 13.5. The van der Waals surface area contributed by atoms with E-state index in [0.717, 1.165) is 30.6 Å². The molecule has 4 heterocycles. The minimum Gasteiger partial charge on any atom is -0.368 e. The van der Waals surface area contributed by atoms with Gasteiger partial charge in [0.05, 0.1) is 11.9 Å². The Kier molecular flexibility index (Phi) is 3.97. The Bertz CT molecular complexity index is 681. The van der Waals surface area contributed by atoms with E-state index in [1.54, 1.807) is 6.20 Å². The number of nitrogens with two attached hydrogens (primary N) is 2. The summed E-state index contributed by atoms with van der Waals surface area (Å²) in [7, 11) is 0. The van der Waals surface area contributed by atoms with Crippen LogP contribution in [0.15, 0.2) is 18.3 Å². The van der Waals surface area contributed by atoms with Gasteiger partial charge in [-0.1, -0.05) is 0 Å². The van der Waals surface area contributed by atoms with Crippen LogP contribution in [0, 0.1) is 0 Å². The fraction of sp³-hybridized carbons (Fsp3) is 0.562.